The van der Waals surface area contributed by atoms with Crippen molar-refractivity contribution in [1.82, 2.24) is 5.32 Å². The van der Waals surface area contributed by atoms with Crippen molar-refractivity contribution in [2.24, 2.45) is 0 Å². The molecule has 0 bridgehead atoms. The van der Waals surface area contributed by atoms with Gasteiger partial charge in [-0.1, -0.05) is 15.9 Å². The summed E-state index contributed by atoms with van der Waals surface area (Å²) in [6.07, 6.45) is 0.801. The highest BCUT2D eigenvalue weighted by atomic mass is 79.9. The molecule has 1 amide bonds. The number of halogens is 1. The third-order valence-corrected chi connectivity index (χ3v) is 3.02. The second-order valence-corrected chi connectivity index (χ2v) is 4.79. The Labute approximate surface area is 119 Å². The van der Waals surface area contributed by atoms with E-state index in [1.807, 2.05) is 6.92 Å². The molecule has 19 heavy (non-hydrogen) atoms. The number of rotatable bonds is 6. The molecular weight excluding hydrogens is 316 g/mol. The van der Waals surface area contributed by atoms with Gasteiger partial charge in [0.2, 0.25) is 0 Å². The van der Waals surface area contributed by atoms with Crippen molar-refractivity contribution in [3.63, 3.8) is 0 Å². The normalized spacial score (nSPS) is 11.7. The van der Waals surface area contributed by atoms with Gasteiger partial charge in [0.25, 0.3) is 5.91 Å². The fourth-order valence-electron chi connectivity index (χ4n) is 1.51. The van der Waals surface area contributed by atoms with Crippen LogP contribution in [0.15, 0.2) is 18.2 Å². The molecule has 0 spiro atoms. The van der Waals surface area contributed by atoms with E-state index in [9.17, 15) is 14.9 Å². The molecule has 1 unspecified atom stereocenters. The van der Waals surface area contributed by atoms with E-state index in [0.29, 0.717) is 5.56 Å². The average Bonchev–Trinajstić information content (AvgIpc) is 2.37. The number of nitro benzene ring substituents is 1. The first-order chi connectivity index (χ1) is 8.99. The topological polar surface area (TPSA) is 81.5 Å². The maximum atomic E-state index is 11.9. The number of amides is 1. The third-order valence-electron chi connectivity index (χ3n) is 2.56. The van der Waals surface area contributed by atoms with Crippen LogP contribution in [-0.2, 0) is 0 Å². The second kappa shape index (κ2) is 7.08. The van der Waals surface area contributed by atoms with Crippen molar-refractivity contribution in [3.8, 4) is 5.75 Å². The number of carbonyl (C=O) groups excluding carboxylic acids is 1. The van der Waals surface area contributed by atoms with Gasteiger partial charge in [-0.05, 0) is 19.4 Å². The minimum absolute atomic E-state index is 0.0214. The fraction of sp³-hybridized carbons (Fsp3) is 0.417. The first-order valence-corrected chi connectivity index (χ1v) is 6.81. The van der Waals surface area contributed by atoms with E-state index in [0.717, 1.165) is 11.8 Å². The number of nitrogens with one attached hydrogen (secondary N) is 1. The lowest BCUT2D eigenvalue weighted by molar-refractivity contribution is -0.385. The SMILES string of the molecule is COc1cc(C(=O)NC(C)CCBr)ccc1[N+](=O)[O-]. The van der Waals surface area contributed by atoms with Gasteiger partial charge in [0, 0.05) is 29.1 Å². The number of hydrogen-bond donors (Lipinski definition) is 1. The summed E-state index contributed by atoms with van der Waals surface area (Å²) in [6.45, 7) is 1.89. The molecule has 1 aromatic rings. The Balaban J connectivity index is 2.90. The Kier molecular flexibility index (Phi) is 5.75. The molecule has 7 heteroatoms. The lowest BCUT2D eigenvalue weighted by Gasteiger charge is -2.12. The number of methoxy groups -OCH3 is 1. The molecule has 1 rings (SSSR count). The molecule has 0 aliphatic heterocycles. The lowest BCUT2D eigenvalue weighted by Crippen LogP contribution is -2.32. The molecule has 0 saturated carbocycles. The van der Waals surface area contributed by atoms with Crippen LogP contribution in [0.2, 0.25) is 0 Å². The van der Waals surface area contributed by atoms with Crippen molar-refractivity contribution in [2.45, 2.75) is 19.4 Å². The maximum absolute atomic E-state index is 11.9. The summed E-state index contributed by atoms with van der Waals surface area (Å²) in [4.78, 5) is 22.1. The van der Waals surface area contributed by atoms with E-state index < -0.39 is 4.92 Å². The fourth-order valence-corrected chi connectivity index (χ4v) is 2.20. The van der Waals surface area contributed by atoms with Crippen LogP contribution >= 0.6 is 15.9 Å². The Bertz CT molecular complexity index is 479. The first kappa shape index (κ1) is 15.4. The van der Waals surface area contributed by atoms with Crippen LogP contribution in [0.5, 0.6) is 5.75 Å². The van der Waals surface area contributed by atoms with Crippen LogP contribution < -0.4 is 10.1 Å². The molecule has 104 valence electrons. The number of nitro groups is 1. The van der Waals surface area contributed by atoms with Gasteiger partial charge in [-0.15, -0.1) is 0 Å². The van der Waals surface area contributed by atoms with Crippen LogP contribution in [0.4, 0.5) is 5.69 Å². The number of hydrogen-bond acceptors (Lipinski definition) is 4. The maximum Gasteiger partial charge on any atom is 0.310 e. The molecule has 1 atom stereocenters. The van der Waals surface area contributed by atoms with Crippen molar-refractivity contribution in [1.29, 1.82) is 0 Å². The Morgan fingerprint density at radius 3 is 2.79 bits per heavy atom. The summed E-state index contributed by atoms with van der Waals surface area (Å²) in [6, 6.07) is 4.07. The zero-order valence-corrected chi connectivity index (χ0v) is 12.3. The number of benzene rings is 1. The van der Waals surface area contributed by atoms with Crippen LogP contribution in [0.3, 0.4) is 0 Å². The summed E-state index contributed by atoms with van der Waals surface area (Å²) < 4.78 is 4.92. The summed E-state index contributed by atoms with van der Waals surface area (Å²) in [7, 11) is 1.33. The monoisotopic (exact) mass is 330 g/mol. The predicted molar refractivity (Wildman–Crippen MR) is 75.0 cm³/mol. The zero-order valence-electron chi connectivity index (χ0n) is 10.7. The molecule has 0 aromatic heterocycles. The highest BCUT2D eigenvalue weighted by molar-refractivity contribution is 9.09. The number of alkyl halides is 1. The quantitative estimate of drug-likeness (QED) is 0.493. The van der Waals surface area contributed by atoms with Gasteiger partial charge >= 0.3 is 5.69 Å². The van der Waals surface area contributed by atoms with Gasteiger partial charge in [0.1, 0.15) is 0 Å². The zero-order chi connectivity index (χ0) is 14.4. The van der Waals surface area contributed by atoms with Crippen LogP contribution in [0, 0.1) is 10.1 Å². The highest BCUT2D eigenvalue weighted by Crippen LogP contribution is 2.27. The minimum atomic E-state index is -0.548. The summed E-state index contributed by atoms with van der Waals surface area (Å²) in [5.41, 5.74) is 0.177. The largest absolute Gasteiger partial charge is 0.490 e. The van der Waals surface area contributed by atoms with Gasteiger partial charge in [0.05, 0.1) is 12.0 Å². The second-order valence-electron chi connectivity index (χ2n) is 4.00. The summed E-state index contributed by atoms with van der Waals surface area (Å²) in [5, 5.41) is 14.3. The van der Waals surface area contributed by atoms with Crippen LogP contribution in [0.25, 0.3) is 0 Å². The molecule has 0 aliphatic rings. The van der Waals surface area contributed by atoms with E-state index in [4.69, 9.17) is 4.74 Å². The van der Waals surface area contributed by atoms with E-state index in [-0.39, 0.29) is 23.4 Å². The average molecular weight is 331 g/mol. The minimum Gasteiger partial charge on any atom is -0.490 e. The van der Waals surface area contributed by atoms with Gasteiger partial charge < -0.3 is 10.1 Å². The molecule has 0 heterocycles. The molecule has 6 nitrogen and oxygen atoms in total. The standard InChI is InChI=1S/C12H15BrN2O4/c1-8(5-6-13)14-12(16)9-3-4-10(15(17)18)11(7-9)19-2/h3-4,7-8H,5-6H2,1-2H3,(H,14,16). The van der Waals surface area contributed by atoms with E-state index in [2.05, 4.69) is 21.2 Å². The van der Waals surface area contributed by atoms with Crippen molar-refractivity contribution in [3.05, 3.63) is 33.9 Å². The molecule has 1 N–H and O–H groups in total. The van der Waals surface area contributed by atoms with E-state index in [1.54, 1.807) is 0 Å². The number of ether oxygens (including phenoxy) is 1. The molecule has 0 saturated heterocycles. The molecule has 0 fully saturated rings. The van der Waals surface area contributed by atoms with Gasteiger partial charge in [-0.25, -0.2) is 0 Å². The number of carbonyl (C=O) groups is 1. The van der Waals surface area contributed by atoms with Gasteiger partial charge in [0.15, 0.2) is 5.75 Å². The number of nitrogens with zero attached hydrogens (tertiary/aromatic N) is 1. The molecule has 0 radical (unpaired) electrons. The molecular formula is C12H15BrN2O4. The van der Waals surface area contributed by atoms with Crippen LogP contribution in [-0.4, -0.2) is 29.3 Å². The summed E-state index contributed by atoms with van der Waals surface area (Å²) in [5.74, 6) is -0.201. The lowest BCUT2D eigenvalue weighted by atomic mass is 10.1. The third kappa shape index (κ3) is 4.20. The molecule has 0 aliphatic carbocycles. The Hall–Kier alpha value is -1.63. The first-order valence-electron chi connectivity index (χ1n) is 5.68. The smallest absolute Gasteiger partial charge is 0.310 e. The molecule has 1 aromatic carbocycles. The highest BCUT2D eigenvalue weighted by Gasteiger charge is 2.18. The van der Waals surface area contributed by atoms with Crippen molar-refractivity contribution < 1.29 is 14.5 Å². The van der Waals surface area contributed by atoms with Gasteiger partial charge in [-0.2, -0.15) is 0 Å². The Morgan fingerprint density at radius 1 is 1.58 bits per heavy atom. The van der Waals surface area contributed by atoms with Crippen LogP contribution in [0.1, 0.15) is 23.7 Å². The Morgan fingerprint density at radius 2 is 2.26 bits per heavy atom. The van der Waals surface area contributed by atoms with Gasteiger partial charge in [-0.3, -0.25) is 14.9 Å². The van der Waals surface area contributed by atoms with E-state index in [1.165, 1.54) is 25.3 Å². The van der Waals surface area contributed by atoms with Crippen molar-refractivity contribution in [2.75, 3.05) is 12.4 Å². The summed E-state index contributed by atoms with van der Waals surface area (Å²) >= 11 is 3.30. The van der Waals surface area contributed by atoms with Crippen molar-refractivity contribution >= 4 is 27.5 Å². The van der Waals surface area contributed by atoms with E-state index >= 15 is 0 Å². The predicted octanol–water partition coefficient (Wildman–Crippen LogP) is 2.51.